The summed E-state index contributed by atoms with van der Waals surface area (Å²) in [5, 5.41) is 3.13. The van der Waals surface area contributed by atoms with Gasteiger partial charge in [0, 0.05) is 23.7 Å². The summed E-state index contributed by atoms with van der Waals surface area (Å²) >= 11 is 0. The molecule has 3 nitrogen and oxygen atoms in total. The zero-order chi connectivity index (χ0) is 16.8. The van der Waals surface area contributed by atoms with E-state index in [1.54, 1.807) is 12.3 Å². The van der Waals surface area contributed by atoms with Gasteiger partial charge in [0.25, 0.3) is 5.91 Å². The van der Waals surface area contributed by atoms with E-state index in [4.69, 9.17) is 0 Å². The Morgan fingerprint density at radius 3 is 2.67 bits per heavy atom. The van der Waals surface area contributed by atoms with E-state index in [0.29, 0.717) is 5.69 Å². The smallest absolute Gasteiger partial charge is 0.270 e. The highest BCUT2D eigenvalue weighted by Crippen LogP contribution is 2.24. The van der Waals surface area contributed by atoms with Crippen molar-refractivity contribution in [1.82, 2.24) is 10.3 Å². The van der Waals surface area contributed by atoms with Gasteiger partial charge in [0.1, 0.15) is 5.69 Å². The lowest BCUT2D eigenvalue weighted by Gasteiger charge is -2.28. The van der Waals surface area contributed by atoms with Crippen molar-refractivity contribution < 1.29 is 4.79 Å². The van der Waals surface area contributed by atoms with E-state index in [1.165, 1.54) is 12.0 Å². The third kappa shape index (κ3) is 4.23. The molecule has 3 heteroatoms. The molecule has 0 saturated heterocycles. The van der Waals surface area contributed by atoms with Crippen molar-refractivity contribution in [3.63, 3.8) is 0 Å². The van der Waals surface area contributed by atoms with Crippen LogP contribution in [0.4, 0.5) is 0 Å². The topological polar surface area (TPSA) is 42.0 Å². The lowest BCUT2D eigenvalue weighted by molar-refractivity contribution is 0.0912. The number of benzene rings is 1. The van der Waals surface area contributed by atoms with Crippen LogP contribution in [0.3, 0.4) is 0 Å². The maximum absolute atomic E-state index is 12.3. The lowest BCUT2D eigenvalue weighted by Crippen LogP contribution is -2.41. The van der Waals surface area contributed by atoms with Crippen LogP contribution in [-0.4, -0.2) is 16.9 Å². The maximum atomic E-state index is 12.3. The molecule has 24 heavy (non-hydrogen) atoms. The number of nitrogens with one attached hydrogen (secondary N) is 1. The van der Waals surface area contributed by atoms with Crippen molar-refractivity contribution in [3.05, 3.63) is 65.5 Å². The fourth-order valence-electron chi connectivity index (χ4n) is 3.03. The average Bonchev–Trinajstić information content (AvgIpc) is 2.63. The summed E-state index contributed by atoms with van der Waals surface area (Å²) in [6, 6.07) is 13.7. The van der Waals surface area contributed by atoms with Crippen LogP contribution in [-0.2, 0) is 0 Å². The normalized spacial score (nSPS) is 19.9. The summed E-state index contributed by atoms with van der Waals surface area (Å²) in [4.78, 5) is 16.5. The Bertz CT molecular complexity index is 741. The minimum Gasteiger partial charge on any atom is -0.347 e. The Morgan fingerprint density at radius 1 is 1.12 bits per heavy atom. The molecule has 1 saturated carbocycles. The van der Waals surface area contributed by atoms with Gasteiger partial charge in [-0.1, -0.05) is 48.4 Å². The molecule has 1 N–H and O–H groups in total. The third-order valence-electron chi connectivity index (χ3n) is 4.43. The standard InChI is InChI=1S/C21H22N2O/c1-16-9-11-17(12-10-16)13-14-18-6-2-3-7-19(18)23-21(24)20-8-4-5-15-22-20/h4-5,8-12,15,18-19H,2-3,6-7H2,1H3,(H,23,24). The fourth-order valence-corrected chi connectivity index (χ4v) is 3.03. The molecule has 0 spiro atoms. The molecule has 2 unspecified atom stereocenters. The van der Waals surface area contributed by atoms with E-state index >= 15 is 0 Å². The molecule has 0 aliphatic heterocycles. The van der Waals surface area contributed by atoms with E-state index in [9.17, 15) is 4.79 Å². The number of nitrogens with zero attached hydrogens (tertiary/aromatic N) is 1. The molecule has 1 aliphatic rings. The fraction of sp³-hybridized carbons (Fsp3) is 0.333. The van der Waals surface area contributed by atoms with Crippen molar-refractivity contribution >= 4 is 5.91 Å². The second-order valence-electron chi connectivity index (χ2n) is 6.32. The summed E-state index contributed by atoms with van der Waals surface area (Å²) in [6.45, 7) is 2.07. The highest BCUT2D eigenvalue weighted by Gasteiger charge is 2.25. The minimum atomic E-state index is -0.107. The first-order valence-corrected chi connectivity index (χ1v) is 8.52. The lowest BCUT2D eigenvalue weighted by atomic mass is 9.84. The third-order valence-corrected chi connectivity index (χ3v) is 4.43. The molecule has 1 aliphatic carbocycles. The Morgan fingerprint density at radius 2 is 1.92 bits per heavy atom. The Kier molecular flexibility index (Phi) is 5.28. The van der Waals surface area contributed by atoms with Gasteiger partial charge in [-0.2, -0.15) is 0 Å². The second kappa shape index (κ2) is 7.79. The van der Waals surface area contributed by atoms with Crippen LogP contribution < -0.4 is 5.32 Å². The zero-order valence-electron chi connectivity index (χ0n) is 14.0. The molecule has 122 valence electrons. The first-order valence-electron chi connectivity index (χ1n) is 8.52. The molecule has 2 aromatic rings. The van der Waals surface area contributed by atoms with Crippen LogP contribution >= 0.6 is 0 Å². The molecule has 2 atom stereocenters. The highest BCUT2D eigenvalue weighted by atomic mass is 16.1. The second-order valence-corrected chi connectivity index (χ2v) is 6.32. The Labute approximate surface area is 143 Å². The van der Waals surface area contributed by atoms with Crippen LogP contribution in [0.25, 0.3) is 0 Å². The van der Waals surface area contributed by atoms with Gasteiger partial charge in [0.05, 0.1) is 0 Å². The SMILES string of the molecule is Cc1ccc(C#CC2CCCCC2NC(=O)c2ccccn2)cc1. The van der Waals surface area contributed by atoms with Gasteiger partial charge in [0.15, 0.2) is 0 Å². The molecule has 1 heterocycles. The molecule has 1 aromatic carbocycles. The number of carbonyl (C=O) groups excluding carboxylic acids is 1. The molecular formula is C21H22N2O. The average molecular weight is 318 g/mol. The van der Waals surface area contributed by atoms with E-state index in [2.05, 4.69) is 41.2 Å². The van der Waals surface area contributed by atoms with Gasteiger partial charge in [-0.3, -0.25) is 9.78 Å². The number of carbonyl (C=O) groups is 1. The minimum absolute atomic E-state index is 0.103. The van der Waals surface area contributed by atoms with Gasteiger partial charge in [-0.25, -0.2) is 0 Å². The van der Waals surface area contributed by atoms with E-state index < -0.39 is 0 Å². The molecule has 1 aromatic heterocycles. The molecule has 1 fully saturated rings. The molecule has 0 radical (unpaired) electrons. The molecule has 0 bridgehead atoms. The summed E-state index contributed by atoms with van der Waals surface area (Å²) in [5.74, 6) is 6.74. The predicted octanol–water partition coefficient (Wildman–Crippen LogP) is 3.73. The number of rotatable bonds is 2. The van der Waals surface area contributed by atoms with Gasteiger partial charge in [-0.05, 0) is 44.0 Å². The van der Waals surface area contributed by atoms with E-state index in [1.807, 2.05) is 24.3 Å². The van der Waals surface area contributed by atoms with Crippen molar-refractivity contribution in [3.8, 4) is 11.8 Å². The van der Waals surface area contributed by atoms with Crippen molar-refractivity contribution in [2.24, 2.45) is 5.92 Å². The van der Waals surface area contributed by atoms with Crippen molar-refractivity contribution in [1.29, 1.82) is 0 Å². The van der Waals surface area contributed by atoms with Crippen LogP contribution in [0.5, 0.6) is 0 Å². The number of aromatic nitrogens is 1. The van der Waals surface area contributed by atoms with Crippen LogP contribution in [0.1, 0.15) is 47.3 Å². The number of amides is 1. The summed E-state index contributed by atoms with van der Waals surface area (Å²) < 4.78 is 0. The van der Waals surface area contributed by atoms with Crippen molar-refractivity contribution in [2.75, 3.05) is 0 Å². The first-order chi connectivity index (χ1) is 11.7. The molecule has 1 amide bonds. The monoisotopic (exact) mass is 318 g/mol. The van der Waals surface area contributed by atoms with E-state index in [0.717, 1.165) is 24.8 Å². The number of aryl methyl sites for hydroxylation is 1. The highest BCUT2D eigenvalue weighted by molar-refractivity contribution is 5.92. The van der Waals surface area contributed by atoms with Crippen LogP contribution in [0, 0.1) is 24.7 Å². The Hall–Kier alpha value is -2.60. The predicted molar refractivity (Wildman–Crippen MR) is 95.5 cm³/mol. The number of hydrogen-bond acceptors (Lipinski definition) is 2. The summed E-state index contributed by atoms with van der Waals surface area (Å²) in [7, 11) is 0. The largest absolute Gasteiger partial charge is 0.347 e. The van der Waals surface area contributed by atoms with Gasteiger partial charge >= 0.3 is 0 Å². The van der Waals surface area contributed by atoms with Crippen LogP contribution in [0.15, 0.2) is 48.7 Å². The van der Waals surface area contributed by atoms with Gasteiger partial charge < -0.3 is 5.32 Å². The summed E-state index contributed by atoms with van der Waals surface area (Å²) in [5.41, 5.74) is 2.73. The quantitative estimate of drug-likeness (QED) is 0.857. The van der Waals surface area contributed by atoms with Gasteiger partial charge in [0.2, 0.25) is 0 Å². The first kappa shape index (κ1) is 16.3. The van der Waals surface area contributed by atoms with Crippen molar-refractivity contribution in [2.45, 2.75) is 38.6 Å². The van der Waals surface area contributed by atoms with E-state index in [-0.39, 0.29) is 17.9 Å². The van der Waals surface area contributed by atoms with Gasteiger partial charge in [-0.15, -0.1) is 0 Å². The number of hydrogen-bond donors (Lipinski definition) is 1. The summed E-state index contributed by atoms with van der Waals surface area (Å²) in [6.07, 6.45) is 5.96. The molecular weight excluding hydrogens is 296 g/mol. The number of pyridine rings is 1. The van der Waals surface area contributed by atoms with Crippen LogP contribution in [0.2, 0.25) is 0 Å². The maximum Gasteiger partial charge on any atom is 0.270 e. The molecule has 3 rings (SSSR count). The Balaban J connectivity index is 1.70. The zero-order valence-corrected chi connectivity index (χ0v) is 14.0.